The van der Waals surface area contributed by atoms with Gasteiger partial charge in [0, 0.05) is 12.3 Å². The molecule has 0 aromatic rings. The molecular weight excluding hydrogens is 396 g/mol. The molecule has 3 nitrogen and oxygen atoms in total. The van der Waals surface area contributed by atoms with Crippen LogP contribution in [0.15, 0.2) is 0 Å². The van der Waals surface area contributed by atoms with E-state index in [-0.39, 0.29) is 27.8 Å². The highest BCUT2D eigenvalue weighted by molar-refractivity contribution is 5.82. The molecule has 32 heavy (non-hydrogen) atoms. The summed E-state index contributed by atoms with van der Waals surface area (Å²) in [6.45, 7) is 17.3. The fraction of sp³-hybridized carbons (Fsp3) is 0.966. The first-order valence-corrected chi connectivity index (χ1v) is 13.6. The molecule has 0 aromatic heterocycles. The predicted molar refractivity (Wildman–Crippen MR) is 128 cm³/mol. The summed E-state index contributed by atoms with van der Waals surface area (Å²) >= 11 is 0. The Balaban J connectivity index is 1.55. The fourth-order valence-corrected chi connectivity index (χ4v) is 10.9. The second kappa shape index (κ2) is 6.84. The maximum Gasteiger partial charge on any atom is 0.136 e. The molecule has 5 aliphatic rings. The Kier molecular flexibility index (Phi) is 4.99. The van der Waals surface area contributed by atoms with Crippen molar-refractivity contribution in [3.63, 3.8) is 0 Å². The number of hydrogen-bond acceptors (Lipinski definition) is 3. The van der Waals surface area contributed by atoms with Gasteiger partial charge in [0.25, 0.3) is 0 Å². The molecule has 0 amide bonds. The van der Waals surface area contributed by atoms with Crippen molar-refractivity contribution in [3.8, 4) is 0 Å². The lowest BCUT2D eigenvalue weighted by Gasteiger charge is -2.74. The Morgan fingerprint density at radius 1 is 0.750 bits per heavy atom. The summed E-state index contributed by atoms with van der Waals surface area (Å²) in [6, 6.07) is 0. The molecule has 5 saturated carbocycles. The molecule has 0 saturated heterocycles. The summed E-state index contributed by atoms with van der Waals surface area (Å²) in [5, 5.41) is 10.2. The maximum atomic E-state index is 12.7. The summed E-state index contributed by atoms with van der Waals surface area (Å²) < 4.78 is 0. The van der Waals surface area contributed by atoms with Gasteiger partial charge in [-0.1, -0.05) is 48.5 Å². The van der Waals surface area contributed by atoms with Crippen LogP contribution in [0.2, 0.25) is 0 Å². The molecule has 3 heteroatoms. The van der Waals surface area contributed by atoms with Gasteiger partial charge in [-0.3, -0.25) is 10.1 Å². The number of Topliss-reactive ketones (excluding diaryl/α,β-unsaturated/α-hetero) is 1. The van der Waals surface area contributed by atoms with E-state index >= 15 is 0 Å². The first-order valence-electron chi connectivity index (χ1n) is 13.6. The number of carbonyl (C=O) groups is 1. The van der Waals surface area contributed by atoms with Gasteiger partial charge in [0.15, 0.2) is 0 Å². The second-order valence-corrected chi connectivity index (χ2v) is 14.8. The summed E-state index contributed by atoms with van der Waals surface area (Å²) in [6.07, 6.45) is 12.3. The van der Waals surface area contributed by atoms with Crippen molar-refractivity contribution in [2.75, 3.05) is 0 Å². The van der Waals surface area contributed by atoms with Crippen LogP contribution in [-0.4, -0.2) is 16.6 Å². The molecule has 5 rings (SSSR count). The quantitative estimate of drug-likeness (QED) is 0.333. The largest absolute Gasteiger partial charge is 0.299 e. The highest BCUT2D eigenvalue weighted by Gasteiger charge is 2.72. The molecule has 9 atom stereocenters. The topological polar surface area (TPSA) is 46.5 Å². The van der Waals surface area contributed by atoms with Crippen molar-refractivity contribution >= 4 is 5.78 Å². The van der Waals surface area contributed by atoms with Gasteiger partial charge in [-0.15, -0.1) is 0 Å². The normalized spacial score (nSPS) is 57.1. The van der Waals surface area contributed by atoms with Crippen LogP contribution in [0.5, 0.6) is 0 Å². The molecule has 0 spiro atoms. The first-order chi connectivity index (χ1) is 14.8. The van der Waals surface area contributed by atoms with E-state index in [1.807, 2.05) is 0 Å². The summed E-state index contributed by atoms with van der Waals surface area (Å²) in [4.78, 5) is 18.2. The zero-order valence-corrected chi connectivity index (χ0v) is 21.9. The van der Waals surface area contributed by atoms with E-state index in [1.165, 1.54) is 32.1 Å². The van der Waals surface area contributed by atoms with E-state index in [2.05, 4.69) is 48.5 Å². The van der Waals surface area contributed by atoms with Crippen molar-refractivity contribution < 1.29 is 14.9 Å². The molecule has 0 bridgehead atoms. The minimum atomic E-state index is -0.341. The standard InChI is InChI=1S/C29H48O3/c1-19-20(30)8-9-21-25(19,4)11-10-22-26(21,5)13-14-28(7)23-18-24(2,3)12-16-29(23,32-31)17-15-27(22,28)6/h19,21-23,31H,8-18H2,1-7H3/t19-,21+,22-,23-,25+,26-,27+,28-,29-/m0/s1. The average molecular weight is 445 g/mol. The molecule has 5 aliphatic carbocycles. The molecule has 0 aliphatic heterocycles. The van der Waals surface area contributed by atoms with E-state index in [0.29, 0.717) is 34.4 Å². The third-order valence-electron chi connectivity index (χ3n) is 13.4. The monoisotopic (exact) mass is 444 g/mol. The van der Waals surface area contributed by atoms with Crippen LogP contribution >= 0.6 is 0 Å². The second-order valence-electron chi connectivity index (χ2n) is 14.8. The van der Waals surface area contributed by atoms with Crippen LogP contribution in [0.3, 0.4) is 0 Å². The van der Waals surface area contributed by atoms with Gasteiger partial charge in [-0.25, -0.2) is 4.89 Å². The van der Waals surface area contributed by atoms with E-state index < -0.39 is 0 Å². The summed E-state index contributed by atoms with van der Waals surface area (Å²) in [5.74, 6) is 2.50. The molecule has 1 N–H and O–H groups in total. The minimum Gasteiger partial charge on any atom is -0.299 e. The highest BCUT2D eigenvalue weighted by atomic mass is 17.1. The van der Waals surface area contributed by atoms with E-state index in [9.17, 15) is 10.1 Å². The Labute approximate surface area is 196 Å². The van der Waals surface area contributed by atoms with Gasteiger partial charge in [0.2, 0.25) is 0 Å². The van der Waals surface area contributed by atoms with Crippen molar-refractivity contribution in [3.05, 3.63) is 0 Å². The van der Waals surface area contributed by atoms with Crippen molar-refractivity contribution in [2.24, 2.45) is 50.7 Å². The van der Waals surface area contributed by atoms with Crippen LogP contribution in [0, 0.1) is 50.7 Å². The molecule has 182 valence electrons. The van der Waals surface area contributed by atoms with Crippen LogP contribution < -0.4 is 0 Å². The highest BCUT2D eigenvalue weighted by Crippen LogP contribution is 2.77. The molecule has 0 aromatic carbocycles. The number of carbonyl (C=O) groups excluding carboxylic acids is 1. The zero-order chi connectivity index (χ0) is 23.4. The number of hydrogen-bond donors (Lipinski definition) is 1. The fourth-order valence-electron chi connectivity index (χ4n) is 10.9. The Morgan fingerprint density at radius 3 is 2.06 bits per heavy atom. The van der Waals surface area contributed by atoms with Crippen LogP contribution in [0.1, 0.15) is 119 Å². The summed E-state index contributed by atoms with van der Waals surface area (Å²) in [7, 11) is 0. The van der Waals surface area contributed by atoms with Crippen molar-refractivity contribution in [1.29, 1.82) is 0 Å². The van der Waals surface area contributed by atoms with Crippen molar-refractivity contribution in [2.45, 2.75) is 125 Å². The lowest BCUT2D eigenvalue weighted by Crippen LogP contribution is -2.69. The average Bonchev–Trinajstić information content (AvgIpc) is 2.73. The van der Waals surface area contributed by atoms with Gasteiger partial charge >= 0.3 is 0 Å². The number of ketones is 1. The smallest absolute Gasteiger partial charge is 0.136 e. The maximum absolute atomic E-state index is 12.7. The Bertz CT molecular complexity index is 804. The third kappa shape index (κ3) is 2.70. The van der Waals surface area contributed by atoms with E-state index in [0.717, 1.165) is 38.5 Å². The lowest BCUT2D eigenvalue weighted by atomic mass is 9.31. The molecule has 0 unspecified atom stereocenters. The van der Waals surface area contributed by atoms with Crippen LogP contribution in [0.4, 0.5) is 0 Å². The predicted octanol–water partition coefficient (Wildman–Crippen LogP) is 7.68. The van der Waals surface area contributed by atoms with Gasteiger partial charge in [0.05, 0.1) is 0 Å². The van der Waals surface area contributed by atoms with Gasteiger partial charge in [-0.05, 0) is 109 Å². The SMILES string of the molecule is C[C@H]1C(=O)CC[C@@H]2[C@]1(C)CC[C@H]1[C@@]2(C)CC[C@@]2(C)[C@@H]3CC(C)(C)CC[C@]3(OO)CC[C@]12C. The Morgan fingerprint density at radius 2 is 1.38 bits per heavy atom. The molecule has 5 fully saturated rings. The van der Waals surface area contributed by atoms with Gasteiger partial charge < -0.3 is 0 Å². The number of fused-ring (bicyclic) bond motifs is 7. The van der Waals surface area contributed by atoms with Gasteiger partial charge in [0.1, 0.15) is 11.4 Å². The first kappa shape index (κ1) is 23.3. The molecular formula is C29H48O3. The van der Waals surface area contributed by atoms with E-state index in [1.54, 1.807) is 0 Å². The minimum absolute atomic E-state index is 0.171. The lowest BCUT2D eigenvalue weighted by molar-refractivity contribution is -0.386. The molecule has 0 heterocycles. The zero-order valence-electron chi connectivity index (χ0n) is 21.9. The third-order valence-corrected chi connectivity index (χ3v) is 13.4. The number of rotatable bonds is 1. The van der Waals surface area contributed by atoms with Crippen LogP contribution in [0.25, 0.3) is 0 Å². The molecule has 0 radical (unpaired) electrons. The van der Waals surface area contributed by atoms with Crippen LogP contribution in [-0.2, 0) is 9.68 Å². The van der Waals surface area contributed by atoms with E-state index in [4.69, 9.17) is 4.89 Å². The van der Waals surface area contributed by atoms with Gasteiger partial charge in [-0.2, -0.15) is 0 Å². The summed E-state index contributed by atoms with van der Waals surface area (Å²) in [5.41, 5.74) is 0.932. The van der Waals surface area contributed by atoms with Crippen molar-refractivity contribution in [1.82, 2.24) is 0 Å². The Hall–Kier alpha value is -0.410.